The molecule has 7 nitrogen and oxygen atoms in total. The van der Waals surface area contributed by atoms with Crippen LogP contribution in [-0.4, -0.2) is 54.6 Å². The van der Waals surface area contributed by atoms with Crippen LogP contribution in [0.2, 0.25) is 0 Å². The number of hydrogen-bond donors (Lipinski definition) is 2. The molecule has 0 unspecified atom stereocenters. The summed E-state index contributed by atoms with van der Waals surface area (Å²) in [5, 5.41) is 20.8. The second-order valence-electron chi connectivity index (χ2n) is 8.39. The third-order valence-corrected chi connectivity index (χ3v) is 5.96. The highest BCUT2D eigenvalue weighted by atomic mass is 16.7. The fourth-order valence-electron chi connectivity index (χ4n) is 4.06. The highest BCUT2D eigenvalue weighted by Gasteiger charge is 2.47. The molecule has 7 heteroatoms. The van der Waals surface area contributed by atoms with Crippen LogP contribution in [0.3, 0.4) is 0 Å². The minimum Gasteiger partial charge on any atom is -0.497 e. The predicted molar refractivity (Wildman–Crippen MR) is 130 cm³/mol. The van der Waals surface area contributed by atoms with Gasteiger partial charge in [0.05, 0.1) is 33.5 Å². The van der Waals surface area contributed by atoms with Gasteiger partial charge in [0.2, 0.25) is 0 Å². The molecule has 4 rings (SSSR count). The smallest absolute Gasteiger partial charge is 0.184 e. The van der Waals surface area contributed by atoms with E-state index in [9.17, 15) is 10.2 Å². The van der Waals surface area contributed by atoms with Gasteiger partial charge in [-0.05, 0) is 28.8 Å². The molecule has 35 heavy (non-hydrogen) atoms. The van der Waals surface area contributed by atoms with E-state index < -0.39 is 30.7 Å². The Morgan fingerprint density at radius 2 is 1.14 bits per heavy atom. The van der Waals surface area contributed by atoms with Crippen LogP contribution in [0.15, 0.2) is 84.9 Å². The molecule has 0 amide bonds. The molecule has 0 spiro atoms. The lowest BCUT2D eigenvalue weighted by Crippen LogP contribution is -2.61. The van der Waals surface area contributed by atoms with E-state index in [0.717, 1.165) is 22.4 Å². The van der Waals surface area contributed by atoms with Crippen LogP contribution in [0.1, 0.15) is 16.7 Å². The summed E-state index contributed by atoms with van der Waals surface area (Å²) in [5.41, 5.74) is 2.86. The van der Waals surface area contributed by atoms with Crippen molar-refractivity contribution in [3.63, 3.8) is 0 Å². The number of methoxy groups -OCH3 is 1. The Hall–Kier alpha value is -2.78. The summed E-state index contributed by atoms with van der Waals surface area (Å²) < 4.78 is 29.6. The number of aliphatic hydroxyl groups is 2. The summed E-state index contributed by atoms with van der Waals surface area (Å²) in [5.74, 6) is 0.753. The number of rotatable bonds is 11. The largest absolute Gasteiger partial charge is 0.497 e. The Kier molecular flexibility index (Phi) is 9.25. The predicted octanol–water partition coefficient (Wildman–Crippen LogP) is 3.46. The van der Waals surface area contributed by atoms with Crippen molar-refractivity contribution in [3.8, 4) is 5.75 Å². The minimum absolute atomic E-state index is 0.260. The lowest BCUT2D eigenvalue weighted by atomic mass is 9.98. The average molecular weight is 481 g/mol. The quantitative estimate of drug-likeness (QED) is 0.435. The number of aliphatic hydroxyl groups excluding tert-OH is 2. The number of ether oxygens (including phenoxy) is 5. The molecule has 3 aromatic rings. The van der Waals surface area contributed by atoms with E-state index >= 15 is 0 Å². The van der Waals surface area contributed by atoms with Crippen molar-refractivity contribution in [1.29, 1.82) is 0 Å². The maximum Gasteiger partial charge on any atom is 0.184 e. The Morgan fingerprint density at radius 1 is 0.657 bits per heavy atom. The minimum atomic E-state index is -1.28. The van der Waals surface area contributed by atoms with Gasteiger partial charge in [-0.25, -0.2) is 0 Å². The van der Waals surface area contributed by atoms with Gasteiger partial charge >= 0.3 is 0 Å². The average Bonchev–Trinajstić information content (AvgIpc) is 2.91. The van der Waals surface area contributed by atoms with Crippen molar-refractivity contribution >= 4 is 0 Å². The van der Waals surface area contributed by atoms with Crippen LogP contribution in [0.4, 0.5) is 0 Å². The van der Waals surface area contributed by atoms with Gasteiger partial charge in [0, 0.05) is 0 Å². The van der Waals surface area contributed by atoms with Crippen molar-refractivity contribution < 1.29 is 33.9 Å². The van der Waals surface area contributed by atoms with Crippen LogP contribution in [0.25, 0.3) is 0 Å². The van der Waals surface area contributed by atoms with Gasteiger partial charge in [-0.15, -0.1) is 0 Å². The monoisotopic (exact) mass is 480 g/mol. The Morgan fingerprint density at radius 3 is 1.66 bits per heavy atom. The molecule has 2 N–H and O–H groups in total. The standard InChI is InChI=1S/C28H32O7/c1-31-23-14-12-22(13-15-23)19-33-26-25(32-17-20-8-4-2-5-9-20)24(16-29)35-28(30)27(26)34-18-21-10-6-3-7-11-21/h2-15,24-30H,16-19H2,1H3/t24-,25-,26+,27-,28+/m1/s1. The lowest BCUT2D eigenvalue weighted by Gasteiger charge is -2.44. The topological polar surface area (TPSA) is 86.6 Å². The third kappa shape index (κ3) is 6.89. The van der Waals surface area contributed by atoms with Gasteiger partial charge in [0.15, 0.2) is 6.29 Å². The zero-order chi connectivity index (χ0) is 24.5. The molecule has 1 aliphatic rings. The van der Waals surface area contributed by atoms with E-state index in [4.69, 9.17) is 23.7 Å². The highest BCUT2D eigenvalue weighted by Crippen LogP contribution is 2.29. The van der Waals surface area contributed by atoms with Gasteiger partial charge in [0.25, 0.3) is 0 Å². The molecule has 1 heterocycles. The second-order valence-corrected chi connectivity index (χ2v) is 8.39. The van der Waals surface area contributed by atoms with Crippen molar-refractivity contribution in [2.75, 3.05) is 13.7 Å². The Bertz CT molecular complexity index is 997. The first-order valence-electron chi connectivity index (χ1n) is 11.7. The molecule has 0 radical (unpaired) electrons. The molecular formula is C28H32O7. The molecule has 0 aromatic heterocycles. The van der Waals surface area contributed by atoms with Crippen LogP contribution >= 0.6 is 0 Å². The van der Waals surface area contributed by atoms with E-state index in [0.29, 0.717) is 6.61 Å². The van der Waals surface area contributed by atoms with Gasteiger partial charge in [0.1, 0.15) is 30.2 Å². The van der Waals surface area contributed by atoms with Crippen LogP contribution in [-0.2, 0) is 38.8 Å². The first kappa shape index (κ1) is 25.3. The zero-order valence-corrected chi connectivity index (χ0v) is 19.7. The van der Waals surface area contributed by atoms with Crippen molar-refractivity contribution in [2.24, 2.45) is 0 Å². The van der Waals surface area contributed by atoms with Crippen molar-refractivity contribution in [3.05, 3.63) is 102 Å². The van der Waals surface area contributed by atoms with E-state index in [1.165, 1.54) is 0 Å². The fourth-order valence-corrected chi connectivity index (χ4v) is 4.06. The molecule has 1 saturated heterocycles. The van der Waals surface area contributed by atoms with E-state index in [1.807, 2.05) is 84.9 Å². The Balaban J connectivity index is 1.53. The summed E-state index contributed by atoms with van der Waals surface area (Å²) >= 11 is 0. The summed E-state index contributed by atoms with van der Waals surface area (Å²) in [7, 11) is 1.62. The lowest BCUT2D eigenvalue weighted by molar-refractivity contribution is -0.315. The SMILES string of the molecule is COc1ccc(CO[C@@H]2[C@@H](OCc3ccccc3)[C@@H](O)O[C@H](CO)[C@H]2OCc2ccccc2)cc1. The molecule has 5 atom stereocenters. The van der Waals surface area contributed by atoms with Crippen molar-refractivity contribution in [1.82, 2.24) is 0 Å². The molecule has 1 aliphatic heterocycles. The van der Waals surface area contributed by atoms with E-state index in [2.05, 4.69) is 0 Å². The summed E-state index contributed by atoms with van der Waals surface area (Å²) in [6.07, 6.45) is -4.23. The zero-order valence-electron chi connectivity index (χ0n) is 19.7. The molecule has 186 valence electrons. The first-order chi connectivity index (χ1) is 17.2. The van der Waals surface area contributed by atoms with Crippen LogP contribution in [0.5, 0.6) is 5.75 Å². The maximum absolute atomic E-state index is 10.8. The van der Waals surface area contributed by atoms with Gasteiger partial charge in [-0.1, -0.05) is 72.8 Å². The molecule has 0 saturated carbocycles. The molecule has 3 aromatic carbocycles. The maximum atomic E-state index is 10.8. The number of benzene rings is 3. The summed E-state index contributed by atoms with van der Waals surface area (Å²) in [6, 6.07) is 27.0. The summed E-state index contributed by atoms with van der Waals surface area (Å²) in [4.78, 5) is 0. The molecule has 0 bridgehead atoms. The highest BCUT2D eigenvalue weighted by molar-refractivity contribution is 5.26. The van der Waals surface area contributed by atoms with Gasteiger partial charge < -0.3 is 33.9 Å². The fraction of sp³-hybridized carbons (Fsp3) is 0.357. The Labute approximate surface area is 205 Å². The van der Waals surface area contributed by atoms with E-state index in [1.54, 1.807) is 7.11 Å². The van der Waals surface area contributed by atoms with Gasteiger partial charge in [-0.2, -0.15) is 0 Å². The van der Waals surface area contributed by atoms with Gasteiger partial charge in [-0.3, -0.25) is 0 Å². The molecule has 1 fully saturated rings. The third-order valence-electron chi connectivity index (χ3n) is 5.96. The number of hydrogen-bond acceptors (Lipinski definition) is 7. The van der Waals surface area contributed by atoms with Crippen LogP contribution in [0, 0.1) is 0 Å². The van der Waals surface area contributed by atoms with Crippen molar-refractivity contribution in [2.45, 2.75) is 50.5 Å². The molecular weight excluding hydrogens is 448 g/mol. The normalized spacial score (nSPS) is 24.3. The van der Waals surface area contributed by atoms with E-state index in [-0.39, 0.29) is 19.8 Å². The summed E-state index contributed by atoms with van der Waals surface area (Å²) in [6.45, 7) is 0.499. The second kappa shape index (κ2) is 12.8. The molecule has 0 aliphatic carbocycles. The first-order valence-corrected chi connectivity index (χ1v) is 11.7. The van der Waals surface area contributed by atoms with Crippen LogP contribution < -0.4 is 4.74 Å².